The summed E-state index contributed by atoms with van der Waals surface area (Å²) < 4.78 is 7.50. The summed E-state index contributed by atoms with van der Waals surface area (Å²) in [5, 5.41) is 21.0. The Labute approximate surface area is 121 Å². The van der Waals surface area contributed by atoms with E-state index in [4.69, 9.17) is 4.74 Å². The molecule has 0 aromatic carbocycles. The quantitative estimate of drug-likeness (QED) is 0.714. The van der Waals surface area contributed by atoms with E-state index in [1.165, 1.54) is 0 Å². The van der Waals surface area contributed by atoms with Crippen molar-refractivity contribution in [2.45, 2.75) is 52.4 Å². The highest BCUT2D eigenvalue weighted by Crippen LogP contribution is 2.09. The zero-order valence-corrected chi connectivity index (χ0v) is 13.2. The lowest BCUT2D eigenvalue weighted by Gasteiger charge is -2.20. The van der Waals surface area contributed by atoms with Crippen LogP contribution in [0, 0.1) is 5.92 Å². The van der Waals surface area contributed by atoms with Gasteiger partial charge in [-0.05, 0) is 26.2 Å². The van der Waals surface area contributed by atoms with E-state index in [2.05, 4.69) is 29.4 Å². The van der Waals surface area contributed by atoms with Gasteiger partial charge in [0, 0.05) is 13.6 Å². The van der Waals surface area contributed by atoms with Gasteiger partial charge < -0.3 is 19.7 Å². The van der Waals surface area contributed by atoms with Crippen LogP contribution in [0.5, 0.6) is 0 Å². The van der Waals surface area contributed by atoms with Crippen LogP contribution in [0.15, 0.2) is 6.33 Å². The molecule has 1 aromatic rings. The van der Waals surface area contributed by atoms with Crippen molar-refractivity contribution < 1.29 is 9.84 Å². The van der Waals surface area contributed by atoms with Crippen LogP contribution in [0.2, 0.25) is 0 Å². The number of hydrogen-bond donors (Lipinski definition) is 2. The lowest BCUT2D eigenvalue weighted by atomic mass is 10.1. The zero-order valence-electron chi connectivity index (χ0n) is 13.2. The second kappa shape index (κ2) is 8.34. The Morgan fingerprint density at radius 3 is 2.60 bits per heavy atom. The highest BCUT2D eigenvalue weighted by atomic mass is 16.5. The highest BCUT2D eigenvalue weighted by molar-refractivity contribution is 4.92. The molecule has 3 unspecified atom stereocenters. The van der Waals surface area contributed by atoms with E-state index >= 15 is 0 Å². The van der Waals surface area contributed by atoms with Crippen molar-refractivity contribution in [3.63, 3.8) is 0 Å². The number of nitrogens with zero attached hydrogens (tertiary/aromatic N) is 3. The van der Waals surface area contributed by atoms with E-state index in [-0.39, 0.29) is 12.1 Å². The predicted octanol–water partition coefficient (Wildman–Crippen LogP) is 1.28. The summed E-state index contributed by atoms with van der Waals surface area (Å²) >= 11 is 0. The molecule has 0 radical (unpaired) electrons. The van der Waals surface area contributed by atoms with Crippen molar-refractivity contribution in [2.75, 3.05) is 13.2 Å². The molecule has 0 aliphatic carbocycles. The van der Waals surface area contributed by atoms with Crippen LogP contribution in [-0.4, -0.2) is 45.2 Å². The molecule has 1 rings (SSSR count). The van der Waals surface area contributed by atoms with Gasteiger partial charge in [-0.1, -0.05) is 13.8 Å². The van der Waals surface area contributed by atoms with Crippen LogP contribution in [0.4, 0.5) is 0 Å². The molecule has 6 heteroatoms. The number of aliphatic hydroxyl groups excluding tert-OH is 1. The maximum Gasteiger partial charge on any atom is 0.149 e. The lowest BCUT2D eigenvalue weighted by Crippen LogP contribution is -2.34. The molecule has 0 saturated heterocycles. The van der Waals surface area contributed by atoms with E-state index in [9.17, 15) is 5.11 Å². The highest BCUT2D eigenvalue weighted by Gasteiger charge is 2.14. The van der Waals surface area contributed by atoms with E-state index in [0.29, 0.717) is 19.1 Å². The monoisotopic (exact) mass is 284 g/mol. The van der Waals surface area contributed by atoms with E-state index in [0.717, 1.165) is 12.2 Å². The zero-order chi connectivity index (χ0) is 15.1. The molecule has 0 spiro atoms. The summed E-state index contributed by atoms with van der Waals surface area (Å²) in [4.78, 5) is 0. The van der Waals surface area contributed by atoms with Gasteiger partial charge in [0.2, 0.25) is 0 Å². The minimum atomic E-state index is -0.514. The third kappa shape index (κ3) is 5.98. The van der Waals surface area contributed by atoms with Gasteiger partial charge >= 0.3 is 0 Å². The number of aryl methyl sites for hydroxylation is 1. The standard InChI is InChI=1S/C14H28N4O2/c1-10(2)6-11(3)20-8-13(19)7-15-12(4)14-17-16-9-18(14)5/h9-13,15,19H,6-8H2,1-5H3. The van der Waals surface area contributed by atoms with Gasteiger partial charge in [0.05, 0.1) is 24.9 Å². The molecular formula is C14H28N4O2. The maximum atomic E-state index is 9.92. The molecule has 2 N–H and O–H groups in total. The van der Waals surface area contributed by atoms with Crippen LogP contribution < -0.4 is 5.32 Å². The van der Waals surface area contributed by atoms with Crippen molar-refractivity contribution >= 4 is 0 Å². The minimum Gasteiger partial charge on any atom is -0.389 e. The van der Waals surface area contributed by atoms with Crippen molar-refractivity contribution in [1.29, 1.82) is 0 Å². The van der Waals surface area contributed by atoms with Gasteiger partial charge in [-0.2, -0.15) is 0 Å². The molecule has 6 nitrogen and oxygen atoms in total. The van der Waals surface area contributed by atoms with Crippen molar-refractivity contribution in [1.82, 2.24) is 20.1 Å². The molecule has 116 valence electrons. The Hall–Kier alpha value is -0.980. The largest absolute Gasteiger partial charge is 0.389 e. The number of hydrogen-bond acceptors (Lipinski definition) is 5. The minimum absolute atomic E-state index is 0.0465. The third-order valence-electron chi connectivity index (χ3n) is 3.17. The van der Waals surface area contributed by atoms with Gasteiger partial charge in [-0.15, -0.1) is 10.2 Å². The van der Waals surface area contributed by atoms with Crippen LogP contribution >= 0.6 is 0 Å². The third-order valence-corrected chi connectivity index (χ3v) is 3.17. The first-order valence-corrected chi connectivity index (χ1v) is 7.27. The average Bonchev–Trinajstić information content (AvgIpc) is 2.79. The number of nitrogens with one attached hydrogen (secondary N) is 1. The molecular weight excluding hydrogens is 256 g/mol. The Balaban J connectivity index is 2.23. The molecule has 0 amide bonds. The average molecular weight is 284 g/mol. The van der Waals surface area contributed by atoms with Crippen molar-refractivity contribution in [3.05, 3.63) is 12.2 Å². The van der Waals surface area contributed by atoms with Crippen LogP contribution in [0.25, 0.3) is 0 Å². The Morgan fingerprint density at radius 2 is 2.05 bits per heavy atom. The van der Waals surface area contributed by atoms with Crippen LogP contribution in [0.3, 0.4) is 0 Å². The number of rotatable bonds is 9. The molecule has 0 aliphatic heterocycles. The SMILES string of the molecule is CC(C)CC(C)OCC(O)CNC(C)c1nncn1C. The van der Waals surface area contributed by atoms with Crippen LogP contribution in [0.1, 0.15) is 46.0 Å². The van der Waals surface area contributed by atoms with E-state index in [1.807, 2.05) is 25.5 Å². The maximum absolute atomic E-state index is 9.92. The molecule has 0 fully saturated rings. The summed E-state index contributed by atoms with van der Waals surface area (Å²) in [5.41, 5.74) is 0. The van der Waals surface area contributed by atoms with E-state index in [1.54, 1.807) is 6.33 Å². The fraction of sp³-hybridized carbons (Fsp3) is 0.857. The Bertz CT molecular complexity index is 381. The summed E-state index contributed by atoms with van der Waals surface area (Å²) in [6.45, 7) is 9.21. The molecule has 1 aromatic heterocycles. The van der Waals surface area contributed by atoms with Gasteiger partial charge in [0.1, 0.15) is 12.2 Å². The second-order valence-electron chi connectivity index (χ2n) is 5.86. The Morgan fingerprint density at radius 1 is 1.35 bits per heavy atom. The van der Waals surface area contributed by atoms with Crippen molar-refractivity contribution in [2.24, 2.45) is 13.0 Å². The fourth-order valence-electron chi connectivity index (χ4n) is 2.15. The predicted molar refractivity (Wildman–Crippen MR) is 78.3 cm³/mol. The Kier molecular flexibility index (Phi) is 7.12. The smallest absolute Gasteiger partial charge is 0.149 e. The molecule has 0 aliphatic rings. The molecule has 1 heterocycles. The second-order valence-corrected chi connectivity index (χ2v) is 5.86. The summed E-state index contributed by atoms with van der Waals surface area (Å²) in [5.74, 6) is 1.46. The number of aliphatic hydroxyl groups is 1. The first-order valence-electron chi connectivity index (χ1n) is 7.27. The van der Waals surface area contributed by atoms with Gasteiger partial charge in [0.25, 0.3) is 0 Å². The first kappa shape index (κ1) is 17.1. The van der Waals surface area contributed by atoms with Gasteiger partial charge in [-0.3, -0.25) is 0 Å². The molecule has 3 atom stereocenters. The van der Waals surface area contributed by atoms with Gasteiger partial charge in [-0.25, -0.2) is 0 Å². The fourth-order valence-corrected chi connectivity index (χ4v) is 2.15. The summed E-state index contributed by atoms with van der Waals surface area (Å²) in [7, 11) is 1.90. The topological polar surface area (TPSA) is 72.2 Å². The van der Waals surface area contributed by atoms with E-state index < -0.39 is 6.10 Å². The molecule has 20 heavy (non-hydrogen) atoms. The molecule has 0 bridgehead atoms. The summed E-state index contributed by atoms with van der Waals surface area (Å²) in [6.07, 6.45) is 2.34. The van der Waals surface area contributed by atoms with Crippen LogP contribution in [-0.2, 0) is 11.8 Å². The normalized spacial score (nSPS) is 16.4. The molecule has 0 saturated carbocycles. The number of aromatic nitrogens is 3. The first-order chi connectivity index (χ1) is 9.40. The van der Waals surface area contributed by atoms with Crippen molar-refractivity contribution in [3.8, 4) is 0 Å². The lowest BCUT2D eigenvalue weighted by molar-refractivity contribution is -0.00923. The number of ether oxygens (including phenoxy) is 1. The summed E-state index contributed by atoms with van der Waals surface area (Å²) in [6, 6.07) is 0.0465. The van der Waals surface area contributed by atoms with Gasteiger partial charge in [0.15, 0.2) is 0 Å².